The van der Waals surface area contributed by atoms with Crippen LogP contribution in [0, 0.1) is 5.92 Å². The van der Waals surface area contributed by atoms with E-state index in [0.29, 0.717) is 10.9 Å². The number of fused-ring (bicyclic) bond motifs is 1. The molecule has 0 aliphatic heterocycles. The van der Waals surface area contributed by atoms with E-state index in [0.717, 1.165) is 17.8 Å². The minimum atomic E-state index is 0.624. The molecular weight excluding hydrogens is 196 g/mol. The summed E-state index contributed by atoms with van der Waals surface area (Å²) in [5.74, 6) is 0.624. The monoisotopic (exact) mass is 208 g/mol. The van der Waals surface area contributed by atoms with Crippen LogP contribution in [0.15, 0.2) is 24.5 Å². The molecule has 3 heteroatoms. The zero-order chi connectivity index (χ0) is 10.1. The lowest BCUT2D eigenvalue weighted by Crippen LogP contribution is -1.93. The predicted octanol–water partition coefficient (Wildman–Crippen LogP) is 3.19. The molecule has 0 aliphatic carbocycles. The largest absolute Gasteiger partial charge is 0.306 e. The summed E-state index contributed by atoms with van der Waals surface area (Å²) in [4.78, 5) is 4.48. The van der Waals surface area contributed by atoms with Crippen molar-refractivity contribution in [2.75, 3.05) is 0 Å². The van der Waals surface area contributed by atoms with Gasteiger partial charge in [0.2, 0.25) is 0 Å². The Morgan fingerprint density at radius 1 is 1.50 bits per heavy atom. The second-order valence-electron chi connectivity index (χ2n) is 3.92. The molecule has 0 aromatic carbocycles. The quantitative estimate of drug-likeness (QED) is 0.741. The fraction of sp³-hybridized carbons (Fsp3) is 0.364. The van der Waals surface area contributed by atoms with Crippen molar-refractivity contribution in [3.05, 3.63) is 35.2 Å². The van der Waals surface area contributed by atoms with Crippen LogP contribution in [0.1, 0.15) is 19.5 Å². The number of aromatic nitrogens is 2. The summed E-state index contributed by atoms with van der Waals surface area (Å²) < 4.78 is 1.97. The van der Waals surface area contributed by atoms with E-state index in [1.54, 1.807) is 0 Å². The predicted molar refractivity (Wildman–Crippen MR) is 58.7 cm³/mol. The summed E-state index contributed by atoms with van der Waals surface area (Å²) in [6.07, 6.45) is 5.01. The van der Waals surface area contributed by atoms with Crippen molar-refractivity contribution in [1.29, 1.82) is 0 Å². The maximum Gasteiger partial charge on any atom is 0.155 e. The number of nitrogens with zero attached hydrogens (tertiary/aromatic N) is 2. The molecule has 0 atom stereocenters. The van der Waals surface area contributed by atoms with Gasteiger partial charge in [-0.3, -0.25) is 0 Å². The Morgan fingerprint density at radius 3 is 2.93 bits per heavy atom. The van der Waals surface area contributed by atoms with E-state index < -0.39 is 0 Å². The van der Waals surface area contributed by atoms with Gasteiger partial charge in [-0.1, -0.05) is 25.4 Å². The van der Waals surface area contributed by atoms with E-state index in [4.69, 9.17) is 11.6 Å². The van der Waals surface area contributed by atoms with Crippen LogP contribution < -0.4 is 0 Å². The molecule has 0 N–H and O–H groups in total. The summed E-state index contributed by atoms with van der Waals surface area (Å²) in [5.41, 5.74) is 1.96. The van der Waals surface area contributed by atoms with E-state index in [1.165, 1.54) is 0 Å². The second-order valence-corrected chi connectivity index (χ2v) is 4.32. The van der Waals surface area contributed by atoms with E-state index in [-0.39, 0.29) is 0 Å². The Bertz CT molecular complexity index is 445. The lowest BCUT2D eigenvalue weighted by atomic mass is 10.1. The van der Waals surface area contributed by atoms with Gasteiger partial charge in [0.25, 0.3) is 0 Å². The fourth-order valence-electron chi connectivity index (χ4n) is 1.55. The average molecular weight is 209 g/mol. The highest BCUT2D eigenvalue weighted by Gasteiger charge is 2.05. The van der Waals surface area contributed by atoms with Crippen molar-refractivity contribution in [1.82, 2.24) is 9.38 Å². The molecule has 0 saturated heterocycles. The minimum absolute atomic E-state index is 0.624. The summed E-state index contributed by atoms with van der Waals surface area (Å²) in [6.45, 7) is 4.37. The van der Waals surface area contributed by atoms with Gasteiger partial charge in [0.15, 0.2) is 5.65 Å². The first-order valence-electron chi connectivity index (χ1n) is 4.79. The second kappa shape index (κ2) is 3.62. The molecule has 0 aliphatic rings. The van der Waals surface area contributed by atoms with Gasteiger partial charge in [0.05, 0.1) is 10.7 Å². The maximum atomic E-state index is 6.02. The molecule has 0 unspecified atom stereocenters. The van der Waals surface area contributed by atoms with Crippen LogP contribution in [0.3, 0.4) is 0 Å². The van der Waals surface area contributed by atoms with Crippen LogP contribution in [0.4, 0.5) is 0 Å². The van der Waals surface area contributed by atoms with Crippen molar-refractivity contribution in [3.63, 3.8) is 0 Å². The Hall–Kier alpha value is -1.02. The SMILES string of the molecule is CC(C)Cc1cn2cccc(Cl)c2n1. The molecular formula is C11H13ClN2. The van der Waals surface area contributed by atoms with Gasteiger partial charge >= 0.3 is 0 Å². The summed E-state index contributed by atoms with van der Waals surface area (Å²) in [6, 6.07) is 3.79. The summed E-state index contributed by atoms with van der Waals surface area (Å²) >= 11 is 6.02. The van der Waals surface area contributed by atoms with E-state index in [2.05, 4.69) is 18.8 Å². The lowest BCUT2D eigenvalue weighted by molar-refractivity contribution is 0.638. The molecule has 2 nitrogen and oxygen atoms in total. The van der Waals surface area contributed by atoms with Gasteiger partial charge < -0.3 is 4.40 Å². The summed E-state index contributed by atoms with van der Waals surface area (Å²) in [7, 11) is 0. The number of imidazole rings is 1. The van der Waals surface area contributed by atoms with Crippen molar-refractivity contribution in [3.8, 4) is 0 Å². The number of rotatable bonds is 2. The van der Waals surface area contributed by atoms with Crippen LogP contribution in [-0.2, 0) is 6.42 Å². The standard InChI is InChI=1S/C11H13ClN2/c1-8(2)6-9-7-14-5-3-4-10(12)11(14)13-9/h3-5,7-8H,6H2,1-2H3. The maximum absolute atomic E-state index is 6.02. The van der Waals surface area contributed by atoms with Crippen molar-refractivity contribution in [2.24, 2.45) is 5.92 Å². The molecule has 0 saturated carbocycles. The molecule has 2 aromatic heterocycles. The lowest BCUT2D eigenvalue weighted by Gasteiger charge is -1.97. The van der Waals surface area contributed by atoms with Crippen molar-refractivity contribution < 1.29 is 0 Å². The van der Waals surface area contributed by atoms with Gasteiger partial charge in [0.1, 0.15) is 0 Å². The minimum Gasteiger partial charge on any atom is -0.306 e. The third kappa shape index (κ3) is 1.75. The van der Waals surface area contributed by atoms with Gasteiger partial charge in [-0.25, -0.2) is 4.98 Å². The fourth-order valence-corrected chi connectivity index (χ4v) is 1.76. The Labute approximate surface area is 88.5 Å². The van der Waals surface area contributed by atoms with Gasteiger partial charge in [-0.15, -0.1) is 0 Å². The van der Waals surface area contributed by atoms with Crippen LogP contribution in [0.2, 0.25) is 5.02 Å². The zero-order valence-corrected chi connectivity index (χ0v) is 9.12. The molecule has 2 aromatic rings. The molecule has 0 bridgehead atoms. The summed E-state index contributed by atoms with van der Waals surface area (Å²) in [5, 5.41) is 0.711. The van der Waals surface area contributed by atoms with Crippen molar-refractivity contribution >= 4 is 17.2 Å². The highest BCUT2D eigenvalue weighted by molar-refractivity contribution is 6.33. The first kappa shape index (κ1) is 9.53. The zero-order valence-electron chi connectivity index (χ0n) is 8.37. The third-order valence-corrected chi connectivity index (χ3v) is 2.40. The first-order chi connectivity index (χ1) is 6.66. The first-order valence-corrected chi connectivity index (χ1v) is 5.16. The number of hydrogen-bond acceptors (Lipinski definition) is 1. The van der Waals surface area contributed by atoms with Crippen LogP contribution in [0.25, 0.3) is 5.65 Å². The van der Waals surface area contributed by atoms with Crippen LogP contribution in [-0.4, -0.2) is 9.38 Å². The normalized spacial score (nSPS) is 11.4. The molecule has 0 fully saturated rings. The number of halogens is 1. The molecule has 2 heterocycles. The Balaban J connectivity index is 2.46. The van der Waals surface area contributed by atoms with Gasteiger partial charge in [-0.05, 0) is 24.5 Å². The van der Waals surface area contributed by atoms with Gasteiger partial charge in [0, 0.05) is 12.4 Å². The van der Waals surface area contributed by atoms with Crippen LogP contribution >= 0.6 is 11.6 Å². The molecule has 2 rings (SSSR count). The Morgan fingerprint density at radius 2 is 2.29 bits per heavy atom. The number of pyridine rings is 1. The molecule has 0 spiro atoms. The topological polar surface area (TPSA) is 17.3 Å². The molecule has 14 heavy (non-hydrogen) atoms. The van der Waals surface area contributed by atoms with E-state index in [1.807, 2.05) is 28.9 Å². The molecule has 0 radical (unpaired) electrons. The Kier molecular flexibility index (Phi) is 2.46. The number of hydrogen-bond donors (Lipinski definition) is 0. The average Bonchev–Trinajstić information content (AvgIpc) is 2.47. The highest BCUT2D eigenvalue weighted by atomic mass is 35.5. The van der Waals surface area contributed by atoms with E-state index >= 15 is 0 Å². The smallest absolute Gasteiger partial charge is 0.155 e. The third-order valence-electron chi connectivity index (χ3n) is 2.10. The molecule has 0 amide bonds. The van der Waals surface area contributed by atoms with E-state index in [9.17, 15) is 0 Å². The highest BCUT2D eigenvalue weighted by Crippen LogP contribution is 2.17. The van der Waals surface area contributed by atoms with Gasteiger partial charge in [-0.2, -0.15) is 0 Å². The van der Waals surface area contributed by atoms with Crippen LogP contribution in [0.5, 0.6) is 0 Å². The van der Waals surface area contributed by atoms with Crippen molar-refractivity contribution in [2.45, 2.75) is 20.3 Å². The molecule has 74 valence electrons.